The van der Waals surface area contributed by atoms with E-state index >= 15 is 0 Å². The quantitative estimate of drug-likeness (QED) is 0.0337. The van der Waals surface area contributed by atoms with E-state index in [1.807, 2.05) is 0 Å². The smallest absolute Gasteiger partial charge is 0.306 e. The first-order valence-corrected chi connectivity index (χ1v) is 31.6. The molecule has 0 aromatic carbocycles. The molecule has 2 unspecified atom stereocenters. The number of unbranched alkanes of at least 4 members (excludes halogenated alkanes) is 28. The summed E-state index contributed by atoms with van der Waals surface area (Å²) in [6, 6.07) is 0. The van der Waals surface area contributed by atoms with Crippen LogP contribution in [0.25, 0.3) is 0 Å². The fraction of sp³-hybridized carbons (Fsp3) is 0.938. The first-order valence-electron chi connectivity index (χ1n) is 31.6. The van der Waals surface area contributed by atoms with Gasteiger partial charge in [-0.2, -0.15) is 0 Å². The second-order valence-electron chi connectivity index (χ2n) is 22.6. The van der Waals surface area contributed by atoms with Crippen LogP contribution in [0.2, 0.25) is 0 Å². The number of ether oxygens (including phenoxy) is 4. The topological polar surface area (TPSA) is 105 Å². The summed E-state index contributed by atoms with van der Waals surface area (Å²) >= 11 is 0. The lowest BCUT2D eigenvalue weighted by Gasteiger charge is -2.14. The molecule has 0 saturated carbocycles. The zero-order valence-electron chi connectivity index (χ0n) is 49.5. The van der Waals surface area contributed by atoms with Crippen molar-refractivity contribution in [2.24, 2.45) is 23.7 Å². The van der Waals surface area contributed by atoms with Gasteiger partial charge in [0.05, 0.1) is 26.4 Å². The molecule has 428 valence electrons. The molecule has 0 N–H and O–H groups in total. The Kier molecular flexibility index (Phi) is 58.1. The van der Waals surface area contributed by atoms with Crippen LogP contribution in [0.1, 0.15) is 338 Å². The van der Waals surface area contributed by atoms with E-state index in [-0.39, 0.29) is 23.9 Å². The number of esters is 4. The van der Waals surface area contributed by atoms with E-state index in [0.717, 1.165) is 102 Å². The standard InChI is InChI=1S/2C32H62O4/c1-6-30(27-32(34)36-26-20-14-16-22-29(4)5)23-17-11-9-7-8-10-12-18-24-31(33)35-25-19-13-15-21-28(2)3;1-4-7-9-11-19-23-27-35-31(33)26-22-18-16-14-13-15-17-21-25-30(6-3)29-32(34)36-28-24-20-12-10-8-5-2/h28-30H,6-27H2,1-5H3;30H,4-29H2,1-3H3. The SMILES string of the molecule is CCC(CCCCCCCCCCC(=O)OCCCCCC(C)C)CC(=O)OCCCCCC(C)C.CCCCCCCCOC(=O)CCCCCCCCCCC(CC)CC(=O)OCCCCCCCC. The number of hydrogen-bond donors (Lipinski definition) is 0. The summed E-state index contributed by atoms with van der Waals surface area (Å²) in [6.45, 7) is 20.2. The monoisotopic (exact) mass is 1020 g/mol. The largest absolute Gasteiger partial charge is 0.466 e. The normalized spacial score (nSPS) is 12.1. The Morgan fingerprint density at radius 3 is 0.806 bits per heavy atom. The molecule has 0 aliphatic carbocycles. The molecule has 0 saturated heterocycles. The van der Waals surface area contributed by atoms with Crippen molar-refractivity contribution in [1.82, 2.24) is 0 Å². The average molecular weight is 1020 g/mol. The molecular weight excluding hydrogens is 897 g/mol. The minimum Gasteiger partial charge on any atom is -0.466 e. The Labute approximate surface area is 448 Å². The van der Waals surface area contributed by atoms with Crippen molar-refractivity contribution in [3.05, 3.63) is 0 Å². The highest BCUT2D eigenvalue weighted by Crippen LogP contribution is 2.22. The van der Waals surface area contributed by atoms with Gasteiger partial charge in [-0.3, -0.25) is 19.2 Å². The van der Waals surface area contributed by atoms with E-state index in [0.29, 0.717) is 63.9 Å². The van der Waals surface area contributed by atoms with Gasteiger partial charge in [-0.05, 0) is 75.0 Å². The second-order valence-corrected chi connectivity index (χ2v) is 22.6. The third kappa shape index (κ3) is 58.8. The van der Waals surface area contributed by atoms with Gasteiger partial charge in [-0.25, -0.2) is 0 Å². The van der Waals surface area contributed by atoms with Crippen molar-refractivity contribution < 1.29 is 38.1 Å². The third-order valence-corrected chi connectivity index (χ3v) is 14.5. The van der Waals surface area contributed by atoms with E-state index in [2.05, 4.69) is 55.4 Å². The zero-order chi connectivity index (χ0) is 53.4. The van der Waals surface area contributed by atoms with Crippen molar-refractivity contribution in [3.63, 3.8) is 0 Å². The van der Waals surface area contributed by atoms with E-state index < -0.39 is 0 Å². The Balaban J connectivity index is 0. The lowest BCUT2D eigenvalue weighted by atomic mass is 9.95. The summed E-state index contributed by atoms with van der Waals surface area (Å²) in [7, 11) is 0. The first kappa shape index (κ1) is 72.0. The summed E-state index contributed by atoms with van der Waals surface area (Å²) in [5.74, 6) is 2.44. The second kappa shape index (κ2) is 58.1. The van der Waals surface area contributed by atoms with Gasteiger partial charge in [0.15, 0.2) is 0 Å². The van der Waals surface area contributed by atoms with E-state index in [9.17, 15) is 19.2 Å². The first-order chi connectivity index (χ1) is 35.0. The lowest BCUT2D eigenvalue weighted by molar-refractivity contribution is -0.146. The Morgan fingerprint density at radius 1 is 0.278 bits per heavy atom. The molecule has 0 aliphatic rings. The summed E-state index contributed by atoms with van der Waals surface area (Å²) < 4.78 is 21.6. The van der Waals surface area contributed by atoms with Gasteiger partial charge in [0.2, 0.25) is 0 Å². The summed E-state index contributed by atoms with van der Waals surface area (Å²) in [4.78, 5) is 47.8. The van der Waals surface area contributed by atoms with E-state index in [1.165, 1.54) is 167 Å². The van der Waals surface area contributed by atoms with Crippen LogP contribution in [0.5, 0.6) is 0 Å². The fourth-order valence-electron chi connectivity index (χ4n) is 9.33. The number of hydrogen-bond acceptors (Lipinski definition) is 8. The maximum atomic E-state index is 12.1. The van der Waals surface area contributed by atoms with Gasteiger partial charge in [0.1, 0.15) is 0 Å². The number of carbonyl (C=O) groups is 4. The maximum absolute atomic E-state index is 12.1. The van der Waals surface area contributed by atoms with Crippen LogP contribution in [0, 0.1) is 23.7 Å². The molecule has 72 heavy (non-hydrogen) atoms. The van der Waals surface area contributed by atoms with Crippen LogP contribution in [0.3, 0.4) is 0 Å². The predicted octanol–water partition coefficient (Wildman–Crippen LogP) is 19.9. The third-order valence-electron chi connectivity index (χ3n) is 14.5. The Bertz CT molecular complexity index is 1150. The maximum Gasteiger partial charge on any atom is 0.306 e. The van der Waals surface area contributed by atoms with Crippen molar-refractivity contribution in [1.29, 1.82) is 0 Å². The van der Waals surface area contributed by atoms with Gasteiger partial charge >= 0.3 is 23.9 Å². The van der Waals surface area contributed by atoms with Crippen molar-refractivity contribution >= 4 is 23.9 Å². The lowest BCUT2D eigenvalue weighted by Crippen LogP contribution is -2.12. The van der Waals surface area contributed by atoms with Gasteiger partial charge in [-0.15, -0.1) is 0 Å². The Morgan fingerprint density at radius 2 is 0.514 bits per heavy atom. The van der Waals surface area contributed by atoms with Gasteiger partial charge in [-0.1, -0.05) is 261 Å². The molecule has 0 aromatic heterocycles. The highest BCUT2D eigenvalue weighted by Gasteiger charge is 2.15. The van der Waals surface area contributed by atoms with Gasteiger partial charge in [0, 0.05) is 25.7 Å². The van der Waals surface area contributed by atoms with Crippen LogP contribution in [0.15, 0.2) is 0 Å². The van der Waals surface area contributed by atoms with Crippen LogP contribution >= 0.6 is 0 Å². The molecule has 8 nitrogen and oxygen atoms in total. The molecule has 0 amide bonds. The van der Waals surface area contributed by atoms with Crippen molar-refractivity contribution in [3.8, 4) is 0 Å². The zero-order valence-corrected chi connectivity index (χ0v) is 49.5. The minimum absolute atomic E-state index is 0.00157. The minimum atomic E-state index is -0.0187. The van der Waals surface area contributed by atoms with Crippen LogP contribution in [-0.2, 0) is 38.1 Å². The average Bonchev–Trinajstić information content (AvgIpc) is 3.35. The molecule has 0 fully saturated rings. The summed E-state index contributed by atoms with van der Waals surface area (Å²) in [5.41, 5.74) is 0. The summed E-state index contributed by atoms with van der Waals surface area (Å²) in [5, 5.41) is 0. The van der Waals surface area contributed by atoms with Crippen LogP contribution in [0.4, 0.5) is 0 Å². The van der Waals surface area contributed by atoms with E-state index in [1.54, 1.807) is 0 Å². The molecule has 0 aliphatic heterocycles. The number of carbonyl (C=O) groups excluding carboxylic acids is 4. The van der Waals surface area contributed by atoms with Crippen LogP contribution in [-0.4, -0.2) is 50.3 Å². The molecule has 0 spiro atoms. The molecule has 0 aromatic rings. The molecule has 8 heteroatoms. The molecule has 0 bridgehead atoms. The van der Waals surface area contributed by atoms with E-state index in [4.69, 9.17) is 18.9 Å². The molecule has 2 atom stereocenters. The Hall–Kier alpha value is -2.12. The molecule has 0 radical (unpaired) electrons. The highest BCUT2D eigenvalue weighted by molar-refractivity contribution is 5.70. The summed E-state index contributed by atoms with van der Waals surface area (Å²) in [6.07, 6.45) is 49.9. The van der Waals surface area contributed by atoms with Gasteiger partial charge < -0.3 is 18.9 Å². The van der Waals surface area contributed by atoms with Gasteiger partial charge in [0.25, 0.3) is 0 Å². The number of rotatable bonds is 54. The molecule has 0 rings (SSSR count). The fourth-order valence-corrected chi connectivity index (χ4v) is 9.33. The van der Waals surface area contributed by atoms with Crippen molar-refractivity contribution in [2.45, 2.75) is 338 Å². The van der Waals surface area contributed by atoms with Crippen LogP contribution < -0.4 is 0 Å². The highest BCUT2D eigenvalue weighted by atomic mass is 16.5. The predicted molar refractivity (Wildman–Crippen MR) is 306 cm³/mol. The van der Waals surface area contributed by atoms with Crippen molar-refractivity contribution in [2.75, 3.05) is 26.4 Å². The molecular formula is C64H124O8. The molecule has 0 heterocycles.